The van der Waals surface area contributed by atoms with Crippen LogP contribution in [0.25, 0.3) is 0 Å². The second-order valence-electron chi connectivity index (χ2n) is 5.79. The quantitative estimate of drug-likeness (QED) is 0.676. The highest BCUT2D eigenvalue weighted by molar-refractivity contribution is 5.74. The number of rotatable bonds is 7. The highest BCUT2D eigenvalue weighted by Crippen LogP contribution is 2.32. The summed E-state index contributed by atoms with van der Waals surface area (Å²) >= 11 is 0. The lowest BCUT2D eigenvalue weighted by Crippen LogP contribution is -2.42. The number of amides is 2. The van der Waals surface area contributed by atoms with Crippen LogP contribution >= 0.6 is 0 Å². The normalized spacial score (nSPS) is 18.4. The molecule has 3 N–H and O–H groups in total. The summed E-state index contributed by atoms with van der Waals surface area (Å²) in [6, 6.07) is 8.01. The predicted octanol–water partition coefficient (Wildman–Crippen LogP) is 2.15. The molecule has 0 radical (unpaired) electrons. The molecular weight excluding hydrogens is 280 g/mol. The summed E-state index contributed by atoms with van der Waals surface area (Å²) < 4.78 is 5.98. The Morgan fingerprint density at radius 1 is 1.45 bits per heavy atom. The van der Waals surface area contributed by atoms with Crippen molar-refractivity contribution in [1.82, 2.24) is 10.6 Å². The van der Waals surface area contributed by atoms with E-state index in [0.717, 1.165) is 19.3 Å². The number of benzene rings is 1. The largest absolute Gasteiger partial charge is 0.394 e. The Bertz CT molecular complexity index is 479. The lowest BCUT2D eigenvalue weighted by Gasteiger charge is -2.25. The van der Waals surface area contributed by atoms with E-state index in [1.54, 1.807) is 6.92 Å². The van der Waals surface area contributed by atoms with Gasteiger partial charge in [-0.2, -0.15) is 0 Å². The number of hydrogen-bond acceptors (Lipinski definition) is 3. The summed E-state index contributed by atoms with van der Waals surface area (Å²) in [7, 11) is 0. The van der Waals surface area contributed by atoms with Crippen molar-refractivity contribution in [3.05, 3.63) is 35.4 Å². The van der Waals surface area contributed by atoms with Gasteiger partial charge in [0.2, 0.25) is 0 Å². The minimum Gasteiger partial charge on any atom is -0.394 e. The number of aliphatic hydroxyl groups is 1. The molecule has 5 nitrogen and oxygen atoms in total. The van der Waals surface area contributed by atoms with Crippen molar-refractivity contribution in [2.45, 2.75) is 44.8 Å². The molecular formula is C17H26N2O3. The smallest absolute Gasteiger partial charge is 0.315 e. The monoisotopic (exact) mass is 306 g/mol. The Hall–Kier alpha value is -1.59. The lowest BCUT2D eigenvalue weighted by molar-refractivity contribution is 0.0396. The molecule has 22 heavy (non-hydrogen) atoms. The first-order valence-corrected chi connectivity index (χ1v) is 8.05. The summed E-state index contributed by atoms with van der Waals surface area (Å²) in [5.74, 6) is 0. The van der Waals surface area contributed by atoms with Gasteiger partial charge in [0.15, 0.2) is 0 Å². The standard InChI is InChI=1S/C17H26N2O3/c1-13(12-20)19-17(21)18-10-5-11-22-16-9-4-7-14-6-2-3-8-15(14)16/h2-3,6,8,13,16,20H,4-5,7,9-12H2,1H3,(H2,18,19,21). The van der Waals surface area contributed by atoms with E-state index in [1.807, 2.05) is 0 Å². The Kier molecular flexibility index (Phi) is 6.68. The topological polar surface area (TPSA) is 70.6 Å². The van der Waals surface area contributed by atoms with Crippen molar-refractivity contribution < 1.29 is 14.6 Å². The Morgan fingerprint density at radius 2 is 2.27 bits per heavy atom. The maximum Gasteiger partial charge on any atom is 0.315 e. The van der Waals surface area contributed by atoms with Crippen LogP contribution in [-0.2, 0) is 11.2 Å². The Labute approximate surface area is 132 Å². The molecule has 122 valence electrons. The van der Waals surface area contributed by atoms with Crippen molar-refractivity contribution in [2.24, 2.45) is 0 Å². The molecule has 0 spiro atoms. The minimum atomic E-state index is -0.246. The third kappa shape index (κ3) is 5.00. The van der Waals surface area contributed by atoms with Crippen LogP contribution in [-0.4, -0.2) is 36.9 Å². The lowest BCUT2D eigenvalue weighted by atomic mass is 9.89. The summed E-state index contributed by atoms with van der Waals surface area (Å²) in [4.78, 5) is 11.5. The third-order valence-electron chi connectivity index (χ3n) is 3.89. The molecule has 5 heteroatoms. The molecule has 0 heterocycles. The van der Waals surface area contributed by atoms with Gasteiger partial charge in [-0.05, 0) is 43.7 Å². The maximum atomic E-state index is 11.5. The number of ether oxygens (including phenoxy) is 1. The van der Waals surface area contributed by atoms with Crippen LogP contribution in [0, 0.1) is 0 Å². The molecule has 2 amide bonds. The predicted molar refractivity (Wildman–Crippen MR) is 85.8 cm³/mol. The van der Waals surface area contributed by atoms with E-state index < -0.39 is 0 Å². The van der Waals surface area contributed by atoms with Gasteiger partial charge in [0, 0.05) is 13.2 Å². The highest BCUT2D eigenvalue weighted by Gasteiger charge is 2.19. The molecule has 0 bridgehead atoms. The number of fused-ring (bicyclic) bond motifs is 1. The van der Waals surface area contributed by atoms with Gasteiger partial charge in [-0.15, -0.1) is 0 Å². The number of hydrogen-bond donors (Lipinski definition) is 3. The summed E-state index contributed by atoms with van der Waals surface area (Å²) in [5.41, 5.74) is 2.71. The van der Waals surface area contributed by atoms with Crippen LogP contribution in [0.1, 0.15) is 43.4 Å². The number of carbonyl (C=O) groups is 1. The zero-order valence-corrected chi connectivity index (χ0v) is 13.2. The van der Waals surface area contributed by atoms with E-state index >= 15 is 0 Å². The van der Waals surface area contributed by atoms with E-state index in [9.17, 15) is 4.79 Å². The van der Waals surface area contributed by atoms with E-state index in [0.29, 0.717) is 13.2 Å². The molecule has 1 aliphatic rings. The molecule has 1 aromatic rings. The van der Waals surface area contributed by atoms with Gasteiger partial charge in [-0.25, -0.2) is 4.79 Å². The Balaban J connectivity index is 1.65. The van der Waals surface area contributed by atoms with Crippen LogP contribution in [0.2, 0.25) is 0 Å². The Morgan fingerprint density at radius 3 is 3.09 bits per heavy atom. The molecule has 2 atom stereocenters. The van der Waals surface area contributed by atoms with Crippen molar-refractivity contribution in [1.29, 1.82) is 0 Å². The number of nitrogens with one attached hydrogen (secondary N) is 2. The molecule has 0 fully saturated rings. The zero-order chi connectivity index (χ0) is 15.8. The first kappa shape index (κ1) is 16.8. The van der Waals surface area contributed by atoms with Crippen LogP contribution in [0.15, 0.2) is 24.3 Å². The van der Waals surface area contributed by atoms with Crippen molar-refractivity contribution >= 4 is 6.03 Å². The molecule has 2 rings (SSSR count). The average Bonchev–Trinajstić information content (AvgIpc) is 2.54. The summed E-state index contributed by atoms with van der Waals surface area (Å²) in [6.07, 6.45) is 4.34. The van der Waals surface area contributed by atoms with Crippen molar-refractivity contribution in [3.8, 4) is 0 Å². The SMILES string of the molecule is CC(CO)NC(=O)NCCCOC1CCCc2ccccc21. The molecule has 1 aliphatic carbocycles. The molecule has 2 unspecified atom stereocenters. The van der Waals surface area contributed by atoms with Crippen LogP contribution in [0.5, 0.6) is 0 Å². The first-order chi connectivity index (χ1) is 10.7. The van der Waals surface area contributed by atoms with Crippen molar-refractivity contribution in [3.63, 3.8) is 0 Å². The molecule has 0 aliphatic heterocycles. The zero-order valence-electron chi connectivity index (χ0n) is 13.2. The van der Waals surface area contributed by atoms with Gasteiger partial charge >= 0.3 is 6.03 Å². The van der Waals surface area contributed by atoms with Gasteiger partial charge in [0.05, 0.1) is 18.8 Å². The fourth-order valence-corrected chi connectivity index (χ4v) is 2.70. The van der Waals surface area contributed by atoms with E-state index in [-0.39, 0.29) is 24.8 Å². The second kappa shape index (κ2) is 8.76. The van der Waals surface area contributed by atoms with Crippen LogP contribution in [0.3, 0.4) is 0 Å². The fourth-order valence-electron chi connectivity index (χ4n) is 2.70. The van der Waals surface area contributed by atoms with Crippen LogP contribution < -0.4 is 10.6 Å². The highest BCUT2D eigenvalue weighted by atomic mass is 16.5. The van der Waals surface area contributed by atoms with Gasteiger partial charge in [0.1, 0.15) is 0 Å². The van der Waals surface area contributed by atoms with E-state index in [1.165, 1.54) is 17.5 Å². The maximum absolute atomic E-state index is 11.5. The van der Waals surface area contributed by atoms with Crippen LogP contribution in [0.4, 0.5) is 4.79 Å². The average molecular weight is 306 g/mol. The molecule has 0 saturated carbocycles. The summed E-state index contributed by atoms with van der Waals surface area (Å²) in [6.45, 7) is 2.90. The second-order valence-corrected chi connectivity index (χ2v) is 5.79. The molecule has 0 saturated heterocycles. The van der Waals surface area contributed by atoms with E-state index in [4.69, 9.17) is 9.84 Å². The summed E-state index contributed by atoms with van der Waals surface area (Å²) in [5, 5.41) is 14.3. The number of aryl methyl sites for hydroxylation is 1. The number of carbonyl (C=O) groups excluding carboxylic acids is 1. The van der Waals surface area contributed by atoms with Gasteiger partial charge in [-0.1, -0.05) is 24.3 Å². The van der Waals surface area contributed by atoms with E-state index in [2.05, 4.69) is 34.9 Å². The van der Waals surface area contributed by atoms with Crippen molar-refractivity contribution in [2.75, 3.05) is 19.8 Å². The minimum absolute atomic E-state index is 0.0579. The number of aliphatic hydroxyl groups excluding tert-OH is 1. The molecule has 0 aromatic heterocycles. The van der Waals surface area contributed by atoms with Gasteiger partial charge in [-0.3, -0.25) is 0 Å². The fraction of sp³-hybridized carbons (Fsp3) is 0.588. The number of urea groups is 1. The van der Waals surface area contributed by atoms with Gasteiger partial charge in [0.25, 0.3) is 0 Å². The molecule has 1 aromatic carbocycles. The first-order valence-electron chi connectivity index (χ1n) is 8.05. The third-order valence-corrected chi connectivity index (χ3v) is 3.89. The van der Waals surface area contributed by atoms with Gasteiger partial charge < -0.3 is 20.5 Å².